The first-order valence-electron chi connectivity index (χ1n) is 4.03. The van der Waals surface area contributed by atoms with Gasteiger partial charge < -0.3 is 10.4 Å². The van der Waals surface area contributed by atoms with E-state index in [0.29, 0.717) is 0 Å². The van der Waals surface area contributed by atoms with Crippen LogP contribution in [-0.2, 0) is 0 Å². The average Bonchev–Trinajstić information content (AvgIpc) is 2.45. The zero-order valence-corrected chi connectivity index (χ0v) is 7.68. The summed E-state index contributed by atoms with van der Waals surface area (Å²) in [6.07, 6.45) is 2.49. The molecule has 3 heteroatoms. The number of aliphatic imine (C=N–C) groups is 1. The molecule has 0 saturated carbocycles. The minimum absolute atomic E-state index is 0.287. The van der Waals surface area contributed by atoms with Crippen LogP contribution < -0.4 is 5.32 Å². The molecule has 0 radical (unpaired) electrons. The van der Waals surface area contributed by atoms with E-state index in [1.54, 1.807) is 13.2 Å². The van der Waals surface area contributed by atoms with Gasteiger partial charge in [-0.05, 0) is 13.3 Å². The maximum atomic E-state index is 9.45. The van der Waals surface area contributed by atoms with E-state index in [-0.39, 0.29) is 5.76 Å². The Morgan fingerprint density at radius 3 is 2.83 bits per heavy atom. The fourth-order valence-corrected chi connectivity index (χ4v) is 1.18. The van der Waals surface area contributed by atoms with Crippen LogP contribution in [0.25, 0.3) is 0 Å². The van der Waals surface area contributed by atoms with Gasteiger partial charge in [-0.15, -0.1) is 0 Å². The molecule has 3 nitrogen and oxygen atoms in total. The molecule has 66 valence electrons. The maximum absolute atomic E-state index is 9.45. The van der Waals surface area contributed by atoms with E-state index in [4.69, 9.17) is 0 Å². The van der Waals surface area contributed by atoms with E-state index in [0.717, 1.165) is 23.4 Å². The molecule has 0 aromatic heterocycles. The number of aliphatic hydroxyl groups is 1. The van der Waals surface area contributed by atoms with Crippen molar-refractivity contribution in [3.8, 4) is 0 Å². The Morgan fingerprint density at radius 1 is 1.67 bits per heavy atom. The quantitative estimate of drug-likeness (QED) is 0.623. The van der Waals surface area contributed by atoms with Gasteiger partial charge in [0.05, 0.1) is 5.57 Å². The first kappa shape index (κ1) is 8.84. The van der Waals surface area contributed by atoms with Gasteiger partial charge in [-0.3, -0.25) is 4.99 Å². The number of amidine groups is 1. The molecule has 0 bridgehead atoms. The third-order valence-electron chi connectivity index (χ3n) is 2.02. The van der Waals surface area contributed by atoms with E-state index in [9.17, 15) is 5.11 Å². The molecule has 0 unspecified atom stereocenters. The Hall–Kier alpha value is -1.25. The molecule has 1 aliphatic heterocycles. The van der Waals surface area contributed by atoms with E-state index >= 15 is 0 Å². The third-order valence-corrected chi connectivity index (χ3v) is 2.02. The van der Waals surface area contributed by atoms with Gasteiger partial charge >= 0.3 is 0 Å². The van der Waals surface area contributed by atoms with Gasteiger partial charge in [-0.25, -0.2) is 0 Å². The van der Waals surface area contributed by atoms with Gasteiger partial charge in [0.1, 0.15) is 11.6 Å². The van der Waals surface area contributed by atoms with Crippen LogP contribution in [0, 0.1) is 0 Å². The summed E-state index contributed by atoms with van der Waals surface area (Å²) in [6.45, 7) is 4.05. The highest BCUT2D eigenvalue weighted by Gasteiger charge is 2.18. The molecule has 1 rings (SSSR count). The predicted molar refractivity (Wildman–Crippen MR) is 50.2 cm³/mol. The van der Waals surface area contributed by atoms with Crippen molar-refractivity contribution >= 4 is 5.84 Å². The average molecular weight is 166 g/mol. The Bertz CT molecular complexity index is 274. The van der Waals surface area contributed by atoms with Gasteiger partial charge in [-0.2, -0.15) is 0 Å². The SMILES string of the molecule is CC/C(C)=C1/C(O)=CNC1=NC. The van der Waals surface area contributed by atoms with Crippen molar-refractivity contribution < 1.29 is 5.11 Å². The van der Waals surface area contributed by atoms with Crippen LogP contribution in [-0.4, -0.2) is 18.0 Å². The monoisotopic (exact) mass is 166 g/mol. The van der Waals surface area contributed by atoms with E-state index in [1.165, 1.54) is 0 Å². The van der Waals surface area contributed by atoms with E-state index < -0.39 is 0 Å². The van der Waals surface area contributed by atoms with E-state index in [2.05, 4.69) is 17.2 Å². The maximum Gasteiger partial charge on any atom is 0.142 e. The fourth-order valence-electron chi connectivity index (χ4n) is 1.18. The zero-order valence-electron chi connectivity index (χ0n) is 7.68. The topological polar surface area (TPSA) is 44.6 Å². The van der Waals surface area contributed by atoms with Crippen molar-refractivity contribution in [2.24, 2.45) is 4.99 Å². The predicted octanol–water partition coefficient (Wildman–Crippen LogP) is 1.74. The molecule has 0 saturated heterocycles. The van der Waals surface area contributed by atoms with Gasteiger partial charge in [0.25, 0.3) is 0 Å². The van der Waals surface area contributed by atoms with Gasteiger partial charge in [-0.1, -0.05) is 12.5 Å². The molecule has 0 aromatic carbocycles. The highest BCUT2D eigenvalue weighted by atomic mass is 16.3. The third kappa shape index (κ3) is 1.35. The fraction of sp³-hybridized carbons (Fsp3) is 0.444. The van der Waals surface area contributed by atoms with Crippen LogP contribution in [0.1, 0.15) is 20.3 Å². The Labute approximate surface area is 72.5 Å². The smallest absolute Gasteiger partial charge is 0.142 e. The largest absolute Gasteiger partial charge is 0.506 e. The molecule has 0 aromatic rings. The molecule has 1 aliphatic rings. The van der Waals surface area contributed by atoms with Crippen LogP contribution in [0.2, 0.25) is 0 Å². The lowest BCUT2D eigenvalue weighted by Crippen LogP contribution is -2.14. The summed E-state index contributed by atoms with van der Waals surface area (Å²) in [5.74, 6) is 1.04. The van der Waals surface area contributed by atoms with Crippen molar-refractivity contribution in [3.05, 3.63) is 23.1 Å². The van der Waals surface area contributed by atoms with Crippen molar-refractivity contribution in [1.29, 1.82) is 0 Å². The molecule has 0 fully saturated rings. The molecular formula is C9H14N2O. The van der Waals surface area contributed by atoms with Crippen LogP contribution in [0.3, 0.4) is 0 Å². The molecule has 2 N–H and O–H groups in total. The molecule has 0 spiro atoms. The number of aliphatic hydroxyl groups excluding tert-OH is 1. The van der Waals surface area contributed by atoms with Crippen molar-refractivity contribution in [1.82, 2.24) is 5.32 Å². The normalized spacial score (nSPS) is 23.9. The zero-order chi connectivity index (χ0) is 9.14. The minimum atomic E-state index is 0.287. The highest BCUT2D eigenvalue weighted by molar-refractivity contribution is 6.05. The highest BCUT2D eigenvalue weighted by Crippen LogP contribution is 2.19. The summed E-state index contributed by atoms with van der Waals surface area (Å²) in [6, 6.07) is 0. The molecule has 12 heavy (non-hydrogen) atoms. The first-order chi connectivity index (χ1) is 5.70. The van der Waals surface area contributed by atoms with Crippen LogP contribution in [0.4, 0.5) is 0 Å². The summed E-state index contributed by atoms with van der Waals surface area (Å²) in [5, 5.41) is 12.4. The number of hydrogen-bond acceptors (Lipinski definition) is 2. The number of rotatable bonds is 1. The van der Waals surface area contributed by atoms with Crippen LogP contribution in [0.5, 0.6) is 0 Å². The summed E-state index contributed by atoms with van der Waals surface area (Å²) in [7, 11) is 1.71. The lowest BCUT2D eigenvalue weighted by Gasteiger charge is -2.04. The summed E-state index contributed by atoms with van der Waals surface area (Å²) < 4.78 is 0. The summed E-state index contributed by atoms with van der Waals surface area (Å²) in [4.78, 5) is 4.02. The number of nitrogens with one attached hydrogen (secondary N) is 1. The molecule has 0 aliphatic carbocycles. The summed E-state index contributed by atoms with van der Waals surface area (Å²) in [5.41, 5.74) is 1.99. The van der Waals surface area contributed by atoms with Crippen molar-refractivity contribution in [2.45, 2.75) is 20.3 Å². The van der Waals surface area contributed by atoms with Crippen molar-refractivity contribution in [3.63, 3.8) is 0 Å². The first-order valence-corrected chi connectivity index (χ1v) is 4.03. The molecule has 0 amide bonds. The lowest BCUT2D eigenvalue weighted by atomic mass is 10.1. The minimum Gasteiger partial charge on any atom is -0.506 e. The Morgan fingerprint density at radius 2 is 2.33 bits per heavy atom. The second kappa shape index (κ2) is 3.43. The Balaban J connectivity index is 3.08. The second-order valence-corrected chi connectivity index (χ2v) is 2.76. The number of nitrogens with zero attached hydrogens (tertiary/aromatic N) is 1. The second-order valence-electron chi connectivity index (χ2n) is 2.76. The molecule has 1 heterocycles. The molecule has 0 atom stereocenters. The van der Waals surface area contributed by atoms with Crippen LogP contribution >= 0.6 is 0 Å². The number of hydrogen-bond donors (Lipinski definition) is 2. The van der Waals surface area contributed by atoms with E-state index in [1.807, 2.05) is 6.92 Å². The standard InChI is InChI=1S/C9H14N2O/c1-4-6(2)8-7(12)5-11-9(8)10-3/h5,12H,4H2,1-3H3,(H,10,11)/b8-6-. The van der Waals surface area contributed by atoms with Gasteiger partial charge in [0.2, 0.25) is 0 Å². The Kier molecular flexibility index (Phi) is 2.53. The molecular weight excluding hydrogens is 152 g/mol. The summed E-state index contributed by atoms with van der Waals surface area (Å²) >= 11 is 0. The lowest BCUT2D eigenvalue weighted by molar-refractivity contribution is 0.428. The van der Waals surface area contributed by atoms with Crippen LogP contribution in [0.15, 0.2) is 28.1 Å². The van der Waals surface area contributed by atoms with Gasteiger partial charge in [0, 0.05) is 13.2 Å². The van der Waals surface area contributed by atoms with Crippen molar-refractivity contribution in [2.75, 3.05) is 7.05 Å². The number of allylic oxidation sites excluding steroid dienone is 1. The van der Waals surface area contributed by atoms with Gasteiger partial charge in [0.15, 0.2) is 0 Å².